The maximum Gasteiger partial charge on any atom is 0.337 e. The molecule has 1 unspecified atom stereocenters. The number of ether oxygens (including phenoxy) is 1. The first kappa shape index (κ1) is 11.0. The van der Waals surface area contributed by atoms with Crippen LogP contribution in [0.4, 0.5) is 5.69 Å². The number of morpholine rings is 1. The third kappa shape index (κ3) is 2.02. The minimum atomic E-state index is -1.10. The molecule has 0 radical (unpaired) electrons. The van der Waals surface area contributed by atoms with Crippen molar-refractivity contribution in [2.24, 2.45) is 0 Å². The number of hydrogen-bond acceptors (Lipinski definition) is 3. The molecule has 2 rings (SSSR count). The average Bonchev–Trinajstić information content (AvgIpc) is 2.30. The van der Waals surface area contributed by atoms with Crippen molar-refractivity contribution < 1.29 is 14.6 Å². The van der Waals surface area contributed by atoms with E-state index in [0.717, 1.165) is 12.2 Å². The van der Waals surface area contributed by atoms with Gasteiger partial charge in [-0.1, -0.05) is 18.2 Å². The Bertz CT molecular complexity index is 379. The van der Waals surface area contributed by atoms with Gasteiger partial charge in [0.15, 0.2) is 5.60 Å². The predicted molar refractivity (Wildman–Crippen MR) is 60.6 cm³/mol. The van der Waals surface area contributed by atoms with Gasteiger partial charge in [0.1, 0.15) is 0 Å². The highest BCUT2D eigenvalue weighted by Gasteiger charge is 2.39. The van der Waals surface area contributed by atoms with Gasteiger partial charge in [0, 0.05) is 12.2 Å². The quantitative estimate of drug-likeness (QED) is 0.819. The number of carboxylic acids is 1. The SMILES string of the molecule is CC1(C(=O)O)CN(c2ccccc2)CCO1. The number of anilines is 1. The standard InChI is InChI=1S/C12H15NO3/c1-12(11(14)15)9-13(7-8-16-12)10-5-3-2-4-6-10/h2-6H,7-9H2,1H3,(H,14,15). The fourth-order valence-corrected chi connectivity index (χ4v) is 1.86. The summed E-state index contributed by atoms with van der Waals surface area (Å²) >= 11 is 0. The molecule has 86 valence electrons. The van der Waals surface area contributed by atoms with E-state index in [0.29, 0.717) is 13.2 Å². The molecular weight excluding hydrogens is 206 g/mol. The van der Waals surface area contributed by atoms with Crippen molar-refractivity contribution in [2.45, 2.75) is 12.5 Å². The molecule has 1 N–H and O–H groups in total. The lowest BCUT2D eigenvalue weighted by Gasteiger charge is -2.38. The molecule has 1 aromatic rings. The largest absolute Gasteiger partial charge is 0.479 e. The highest BCUT2D eigenvalue weighted by molar-refractivity contribution is 5.78. The molecule has 1 aromatic carbocycles. The Hall–Kier alpha value is -1.55. The van der Waals surface area contributed by atoms with Crippen LogP contribution in [0.1, 0.15) is 6.92 Å². The number of rotatable bonds is 2. The van der Waals surface area contributed by atoms with Crippen molar-refractivity contribution in [2.75, 3.05) is 24.6 Å². The highest BCUT2D eigenvalue weighted by atomic mass is 16.5. The molecular formula is C12H15NO3. The second-order valence-corrected chi connectivity index (χ2v) is 4.14. The zero-order valence-electron chi connectivity index (χ0n) is 9.22. The summed E-state index contributed by atoms with van der Waals surface area (Å²) in [6, 6.07) is 9.80. The third-order valence-electron chi connectivity index (χ3n) is 2.85. The topological polar surface area (TPSA) is 49.8 Å². The molecule has 4 nitrogen and oxygen atoms in total. The van der Waals surface area contributed by atoms with Crippen molar-refractivity contribution in [3.05, 3.63) is 30.3 Å². The lowest BCUT2D eigenvalue weighted by molar-refractivity contribution is -0.164. The van der Waals surface area contributed by atoms with Crippen molar-refractivity contribution in [3.8, 4) is 0 Å². The lowest BCUT2D eigenvalue weighted by atomic mass is 10.0. The normalized spacial score (nSPS) is 25.4. The Morgan fingerprint density at radius 2 is 2.12 bits per heavy atom. The van der Waals surface area contributed by atoms with Crippen LogP contribution in [0.2, 0.25) is 0 Å². The van der Waals surface area contributed by atoms with E-state index in [-0.39, 0.29) is 0 Å². The molecule has 0 aromatic heterocycles. The number of benzene rings is 1. The molecule has 4 heteroatoms. The van der Waals surface area contributed by atoms with Gasteiger partial charge in [-0.2, -0.15) is 0 Å². The Labute approximate surface area is 94.4 Å². The molecule has 0 aliphatic carbocycles. The van der Waals surface area contributed by atoms with E-state index in [2.05, 4.69) is 0 Å². The van der Waals surface area contributed by atoms with Crippen LogP contribution in [0.5, 0.6) is 0 Å². The maximum atomic E-state index is 11.1. The molecule has 1 saturated heterocycles. The summed E-state index contributed by atoms with van der Waals surface area (Å²) in [4.78, 5) is 13.1. The molecule has 1 fully saturated rings. The van der Waals surface area contributed by atoms with Gasteiger partial charge in [0.25, 0.3) is 0 Å². The molecule has 0 spiro atoms. The van der Waals surface area contributed by atoms with Crippen LogP contribution in [0.25, 0.3) is 0 Å². The maximum absolute atomic E-state index is 11.1. The van der Waals surface area contributed by atoms with Gasteiger partial charge in [0.05, 0.1) is 13.2 Å². The Balaban J connectivity index is 2.17. The zero-order valence-corrected chi connectivity index (χ0v) is 9.22. The summed E-state index contributed by atoms with van der Waals surface area (Å²) in [6.45, 7) is 3.17. The fraction of sp³-hybridized carbons (Fsp3) is 0.417. The van der Waals surface area contributed by atoms with Gasteiger partial charge in [-0.05, 0) is 19.1 Å². The summed E-state index contributed by atoms with van der Waals surface area (Å²) < 4.78 is 5.34. The van der Waals surface area contributed by atoms with Crippen molar-refractivity contribution in [1.29, 1.82) is 0 Å². The number of hydrogen-bond donors (Lipinski definition) is 1. The first-order valence-electron chi connectivity index (χ1n) is 5.29. The van der Waals surface area contributed by atoms with Crippen molar-refractivity contribution in [3.63, 3.8) is 0 Å². The zero-order chi connectivity index (χ0) is 11.6. The van der Waals surface area contributed by atoms with Crippen LogP contribution in [0, 0.1) is 0 Å². The van der Waals surface area contributed by atoms with Crippen LogP contribution in [0.3, 0.4) is 0 Å². The van der Waals surface area contributed by atoms with E-state index in [1.807, 2.05) is 35.2 Å². The highest BCUT2D eigenvalue weighted by Crippen LogP contribution is 2.23. The number of para-hydroxylation sites is 1. The summed E-state index contributed by atoms with van der Waals surface area (Å²) in [7, 11) is 0. The monoisotopic (exact) mass is 221 g/mol. The fourth-order valence-electron chi connectivity index (χ4n) is 1.86. The lowest BCUT2D eigenvalue weighted by Crippen LogP contribution is -2.54. The van der Waals surface area contributed by atoms with Crippen LogP contribution in [-0.4, -0.2) is 36.4 Å². The van der Waals surface area contributed by atoms with E-state index in [1.54, 1.807) is 6.92 Å². The van der Waals surface area contributed by atoms with Gasteiger partial charge in [0.2, 0.25) is 0 Å². The molecule has 0 saturated carbocycles. The van der Waals surface area contributed by atoms with E-state index >= 15 is 0 Å². The van der Waals surface area contributed by atoms with Gasteiger partial charge in [-0.25, -0.2) is 4.79 Å². The second kappa shape index (κ2) is 4.14. The summed E-state index contributed by atoms with van der Waals surface area (Å²) in [5.41, 5.74) is -0.0630. The molecule has 1 heterocycles. The van der Waals surface area contributed by atoms with Gasteiger partial charge in [-0.15, -0.1) is 0 Å². The number of carboxylic acid groups (broad SMARTS) is 1. The van der Waals surface area contributed by atoms with Crippen LogP contribution in [-0.2, 0) is 9.53 Å². The van der Waals surface area contributed by atoms with E-state index < -0.39 is 11.6 Å². The van der Waals surface area contributed by atoms with E-state index in [9.17, 15) is 4.79 Å². The molecule has 0 amide bonds. The molecule has 1 atom stereocenters. The minimum Gasteiger partial charge on any atom is -0.479 e. The molecule has 1 aliphatic heterocycles. The van der Waals surface area contributed by atoms with E-state index in [1.165, 1.54) is 0 Å². The Morgan fingerprint density at radius 1 is 1.44 bits per heavy atom. The second-order valence-electron chi connectivity index (χ2n) is 4.14. The van der Waals surface area contributed by atoms with E-state index in [4.69, 9.17) is 9.84 Å². The summed E-state index contributed by atoms with van der Waals surface area (Å²) in [6.07, 6.45) is 0. The molecule has 16 heavy (non-hydrogen) atoms. The van der Waals surface area contributed by atoms with Crippen LogP contribution in [0.15, 0.2) is 30.3 Å². The first-order valence-corrected chi connectivity index (χ1v) is 5.29. The van der Waals surface area contributed by atoms with Gasteiger partial charge in [-0.3, -0.25) is 0 Å². The molecule has 1 aliphatic rings. The van der Waals surface area contributed by atoms with Crippen LogP contribution >= 0.6 is 0 Å². The Kier molecular flexibility index (Phi) is 2.83. The van der Waals surface area contributed by atoms with Gasteiger partial charge < -0.3 is 14.7 Å². The predicted octanol–water partition coefficient (Wildman–Crippen LogP) is 1.37. The summed E-state index contributed by atoms with van der Waals surface area (Å²) in [5, 5.41) is 9.11. The van der Waals surface area contributed by atoms with Crippen molar-refractivity contribution >= 4 is 11.7 Å². The first-order chi connectivity index (χ1) is 7.62. The van der Waals surface area contributed by atoms with Gasteiger partial charge >= 0.3 is 5.97 Å². The number of nitrogens with zero attached hydrogens (tertiary/aromatic N) is 1. The van der Waals surface area contributed by atoms with Crippen LogP contribution < -0.4 is 4.90 Å². The summed E-state index contributed by atoms with van der Waals surface area (Å²) in [5.74, 6) is -0.909. The smallest absolute Gasteiger partial charge is 0.337 e. The number of carbonyl (C=O) groups is 1. The minimum absolute atomic E-state index is 0.381. The number of aliphatic carboxylic acids is 1. The molecule has 0 bridgehead atoms. The average molecular weight is 221 g/mol. The van der Waals surface area contributed by atoms with Crippen molar-refractivity contribution in [1.82, 2.24) is 0 Å². The Morgan fingerprint density at radius 3 is 2.75 bits per heavy atom. The third-order valence-corrected chi connectivity index (χ3v) is 2.85.